The molecule has 1 aliphatic heterocycles. The van der Waals surface area contributed by atoms with Gasteiger partial charge in [0.15, 0.2) is 0 Å². The summed E-state index contributed by atoms with van der Waals surface area (Å²) < 4.78 is 0. The molecule has 0 spiro atoms. The monoisotopic (exact) mass is 322 g/mol. The smallest absolute Gasteiger partial charge is 0.227 e. The van der Waals surface area contributed by atoms with Crippen LogP contribution in [0.4, 0.5) is 0 Å². The predicted octanol–water partition coefficient (Wildman–Crippen LogP) is 1.80. The molecule has 4 nitrogen and oxygen atoms in total. The van der Waals surface area contributed by atoms with E-state index in [-0.39, 0.29) is 12.0 Å². The Kier molecular flexibility index (Phi) is 5.01. The number of rotatable bonds is 5. The number of nitrogens with zero attached hydrogens (tertiary/aromatic N) is 2. The Balaban J connectivity index is 1.46. The molecule has 0 bridgehead atoms. The third kappa shape index (κ3) is 4.00. The summed E-state index contributed by atoms with van der Waals surface area (Å²) in [4.78, 5) is 16.5. The first-order valence-corrected chi connectivity index (χ1v) is 8.43. The molecule has 0 unspecified atom stereocenters. The molecule has 120 valence electrons. The van der Waals surface area contributed by atoms with E-state index >= 15 is 0 Å². The SMILES string of the molecule is O=C(Cc1ccccc1Cl)N1CCN(C[C@H](O)C2CC2)CC1. The summed E-state index contributed by atoms with van der Waals surface area (Å²) in [6, 6.07) is 7.51. The van der Waals surface area contributed by atoms with E-state index < -0.39 is 0 Å². The summed E-state index contributed by atoms with van der Waals surface area (Å²) in [5.74, 6) is 0.648. The van der Waals surface area contributed by atoms with Crippen molar-refractivity contribution in [1.82, 2.24) is 9.80 Å². The zero-order valence-corrected chi connectivity index (χ0v) is 13.5. The molecule has 1 saturated heterocycles. The molecule has 2 fully saturated rings. The lowest BCUT2D eigenvalue weighted by molar-refractivity contribution is -0.132. The molecular weight excluding hydrogens is 300 g/mol. The van der Waals surface area contributed by atoms with Gasteiger partial charge in [-0.1, -0.05) is 29.8 Å². The maximum atomic E-state index is 12.4. The van der Waals surface area contributed by atoms with Crippen molar-refractivity contribution in [2.45, 2.75) is 25.4 Å². The van der Waals surface area contributed by atoms with E-state index in [1.165, 1.54) is 0 Å². The van der Waals surface area contributed by atoms with Gasteiger partial charge >= 0.3 is 0 Å². The molecular formula is C17H23ClN2O2. The quantitative estimate of drug-likeness (QED) is 0.899. The van der Waals surface area contributed by atoms with Crippen molar-refractivity contribution in [3.05, 3.63) is 34.9 Å². The van der Waals surface area contributed by atoms with Crippen LogP contribution in [0.2, 0.25) is 5.02 Å². The lowest BCUT2D eigenvalue weighted by atomic mass is 10.1. The number of carbonyl (C=O) groups is 1. The molecule has 1 aromatic carbocycles. The van der Waals surface area contributed by atoms with E-state index in [4.69, 9.17) is 11.6 Å². The summed E-state index contributed by atoms with van der Waals surface area (Å²) in [5, 5.41) is 10.7. The fourth-order valence-corrected chi connectivity index (χ4v) is 3.19. The largest absolute Gasteiger partial charge is 0.392 e. The molecule has 1 saturated carbocycles. The van der Waals surface area contributed by atoms with Gasteiger partial charge in [-0.2, -0.15) is 0 Å². The number of aliphatic hydroxyl groups is 1. The number of hydrogen-bond acceptors (Lipinski definition) is 3. The molecule has 1 N–H and O–H groups in total. The third-order valence-corrected chi connectivity index (χ3v) is 5.00. The van der Waals surface area contributed by atoms with Crippen molar-refractivity contribution in [1.29, 1.82) is 0 Å². The Morgan fingerprint density at radius 1 is 1.23 bits per heavy atom. The number of benzene rings is 1. The Labute approximate surface area is 136 Å². The molecule has 1 heterocycles. The van der Waals surface area contributed by atoms with Crippen LogP contribution < -0.4 is 0 Å². The average molecular weight is 323 g/mol. The van der Waals surface area contributed by atoms with Gasteiger partial charge in [0.25, 0.3) is 0 Å². The number of halogens is 1. The number of carbonyl (C=O) groups excluding carboxylic acids is 1. The van der Waals surface area contributed by atoms with E-state index in [9.17, 15) is 9.90 Å². The highest BCUT2D eigenvalue weighted by atomic mass is 35.5. The van der Waals surface area contributed by atoms with E-state index in [2.05, 4.69) is 4.90 Å². The van der Waals surface area contributed by atoms with Gasteiger partial charge in [0.1, 0.15) is 0 Å². The Hall–Kier alpha value is -1.10. The van der Waals surface area contributed by atoms with Crippen molar-refractivity contribution in [3.8, 4) is 0 Å². The Morgan fingerprint density at radius 3 is 2.55 bits per heavy atom. The van der Waals surface area contributed by atoms with Gasteiger partial charge in [0.05, 0.1) is 12.5 Å². The highest BCUT2D eigenvalue weighted by molar-refractivity contribution is 6.31. The highest BCUT2D eigenvalue weighted by Crippen LogP contribution is 2.32. The standard InChI is InChI=1S/C17H23ClN2O2/c18-15-4-2-1-3-14(15)11-17(22)20-9-7-19(8-10-20)12-16(21)13-5-6-13/h1-4,13,16,21H,5-12H2/t16-/m0/s1. The van der Waals surface area contributed by atoms with Crippen LogP contribution in [0.1, 0.15) is 18.4 Å². The summed E-state index contributed by atoms with van der Waals surface area (Å²) in [7, 11) is 0. The predicted molar refractivity (Wildman–Crippen MR) is 86.9 cm³/mol. The van der Waals surface area contributed by atoms with Crippen LogP contribution in [0.15, 0.2) is 24.3 Å². The molecule has 1 amide bonds. The van der Waals surface area contributed by atoms with E-state index in [0.29, 0.717) is 17.4 Å². The molecule has 1 aliphatic carbocycles. The topological polar surface area (TPSA) is 43.8 Å². The first kappa shape index (κ1) is 15.8. The van der Waals surface area contributed by atoms with Crippen LogP contribution in [0.25, 0.3) is 0 Å². The van der Waals surface area contributed by atoms with E-state index in [1.54, 1.807) is 0 Å². The van der Waals surface area contributed by atoms with Crippen LogP contribution in [-0.4, -0.2) is 59.6 Å². The normalized spacial score (nSPS) is 20.9. The van der Waals surface area contributed by atoms with Crippen molar-refractivity contribution in [3.63, 3.8) is 0 Å². The minimum atomic E-state index is -0.189. The summed E-state index contributed by atoms with van der Waals surface area (Å²) in [6.07, 6.45) is 2.50. The van der Waals surface area contributed by atoms with E-state index in [0.717, 1.165) is 51.1 Å². The second-order valence-corrected chi connectivity index (χ2v) is 6.76. The van der Waals surface area contributed by atoms with Gasteiger partial charge in [-0.05, 0) is 30.4 Å². The number of piperazine rings is 1. The average Bonchev–Trinajstić information content (AvgIpc) is 3.35. The van der Waals surface area contributed by atoms with Crippen LogP contribution >= 0.6 is 11.6 Å². The molecule has 1 aromatic rings. The highest BCUT2D eigenvalue weighted by Gasteiger charge is 2.32. The second-order valence-electron chi connectivity index (χ2n) is 6.35. The van der Waals surface area contributed by atoms with Gasteiger partial charge in [0.2, 0.25) is 5.91 Å². The zero-order chi connectivity index (χ0) is 15.5. The fraction of sp³-hybridized carbons (Fsp3) is 0.588. The number of β-amino-alcohol motifs (C(OH)–C–C–N with tert-alkyl or cyclic N) is 1. The molecule has 22 heavy (non-hydrogen) atoms. The Bertz CT molecular complexity index is 525. The Morgan fingerprint density at radius 2 is 1.91 bits per heavy atom. The fourth-order valence-electron chi connectivity index (χ4n) is 2.99. The van der Waals surface area contributed by atoms with Crippen LogP contribution in [0, 0.1) is 5.92 Å². The summed E-state index contributed by atoms with van der Waals surface area (Å²) >= 11 is 6.12. The molecule has 0 radical (unpaired) electrons. The summed E-state index contributed by atoms with van der Waals surface area (Å²) in [5.41, 5.74) is 0.890. The molecule has 0 aromatic heterocycles. The maximum Gasteiger partial charge on any atom is 0.227 e. The van der Waals surface area contributed by atoms with Crippen LogP contribution in [0.3, 0.4) is 0 Å². The van der Waals surface area contributed by atoms with Gasteiger partial charge in [0, 0.05) is 37.7 Å². The van der Waals surface area contributed by atoms with Gasteiger partial charge in [-0.15, -0.1) is 0 Å². The molecule has 5 heteroatoms. The van der Waals surface area contributed by atoms with Crippen LogP contribution in [-0.2, 0) is 11.2 Å². The number of aliphatic hydroxyl groups excluding tert-OH is 1. The third-order valence-electron chi connectivity index (χ3n) is 4.64. The molecule has 3 rings (SSSR count). The van der Waals surface area contributed by atoms with Gasteiger partial charge < -0.3 is 10.0 Å². The zero-order valence-electron chi connectivity index (χ0n) is 12.7. The maximum absolute atomic E-state index is 12.4. The number of hydrogen-bond donors (Lipinski definition) is 1. The van der Waals surface area contributed by atoms with Crippen molar-refractivity contribution < 1.29 is 9.90 Å². The molecule has 1 atom stereocenters. The lowest BCUT2D eigenvalue weighted by Crippen LogP contribution is -2.51. The van der Waals surface area contributed by atoms with Crippen molar-refractivity contribution >= 4 is 17.5 Å². The lowest BCUT2D eigenvalue weighted by Gasteiger charge is -2.35. The van der Waals surface area contributed by atoms with Crippen molar-refractivity contribution in [2.75, 3.05) is 32.7 Å². The van der Waals surface area contributed by atoms with Gasteiger partial charge in [-0.3, -0.25) is 9.69 Å². The van der Waals surface area contributed by atoms with Crippen LogP contribution in [0.5, 0.6) is 0 Å². The van der Waals surface area contributed by atoms with Crippen molar-refractivity contribution in [2.24, 2.45) is 5.92 Å². The van der Waals surface area contributed by atoms with E-state index in [1.807, 2.05) is 29.2 Å². The molecule has 2 aliphatic rings. The summed E-state index contributed by atoms with van der Waals surface area (Å²) in [6.45, 7) is 3.91. The van der Waals surface area contributed by atoms with Gasteiger partial charge in [-0.25, -0.2) is 0 Å². The minimum absolute atomic E-state index is 0.135. The first-order valence-electron chi connectivity index (χ1n) is 8.05. The minimum Gasteiger partial charge on any atom is -0.392 e. The second kappa shape index (κ2) is 6.99. The first-order chi connectivity index (χ1) is 10.6. The number of amides is 1.